The summed E-state index contributed by atoms with van der Waals surface area (Å²) in [6, 6.07) is 3.81. The molecular weight excluding hydrogens is 206 g/mol. The number of aromatic nitrogens is 1. The Labute approximate surface area is 85.1 Å². The monoisotopic (exact) mass is 213 g/mol. The summed E-state index contributed by atoms with van der Waals surface area (Å²) in [7, 11) is 1.65. The molecule has 0 aliphatic heterocycles. The van der Waals surface area contributed by atoms with Crippen molar-refractivity contribution in [3.05, 3.63) is 28.2 Å². The summed E-state index contributed by atoms with van der Waals surface area (Å²) >= 11 is 7.66. The van der Waals surface area contributed by atoms with Crippen LogP contribution in [0.1, 0.15) is 5.69 Å². The number of pyridine rings is 1. The number of thiophene rings is 1. The Morgan fingerprint density at radius 1 is 1.62 bits per heavy atom. The van der Waals surface area contributed by atoms with Crippen LogP contribution >= 0.6 is 22.9 Å². The lowest BCUT2D eigenvalue weighted by Crippen LogP contribution is -1.91. The summed E-state index contributed by atoms with van der Waals surface area (Å²) in [5, 5.41) is 2.74. The molecule has 0 bridgehead atoms. The van der Waals surface area contributed by atoms with Crippen molar-refractivity contribution in [2.45, 2.75) is 6.61 Å². The molecule has 2 nitrogen and oxygen atoms in total. The molecule has 0 amide bonds. The number of hydrogen-bond acceptors (Lipinski definition) is 3. The van der Waals surface area contributed by atoms with Gasteiger partial charge in [-0.05, 0) is 17.5 Å². The second-order valence-corrected chi connectivity index (χ2v) is 3.99. The molecule has 13 heavy (non-hydrogen) atoms. The SMILES string of the molecule is COCc1cc(Cl)c2sccc2n1. The van der Waals surface area contributed by atoms with E-state index >= 15 is 0 Å². The smallest absolute Gasteiger partial charge is 0.0884 e. The van der Waals surface area contributed by atoms with Crippen LogP contribution in [-0.2, 0) is 11.3 Å². The van der Waals surface area contributed by atoms with Crippen LogP contribution in [0.2, 0.25) is 5.02 Å². The molecule has 0 saturated heterocycles. The number of fused-ring (bicyclic) bond motifs is 1. The summed E-state index contributed by atoms with van der Waals surface area (Å²) in [6.07, 6.45) is 0. The fourth-order valence-corrected chi connectivity index (χ4v) is 2.29. The average molecular weight is 214 g/mol. The van der Waals surface area contributed by atoms with Gasteiger partial charge in [-0.2, -0.15) is 0 Å². The van der Waals surface area contributed by atoms with Crippen molar-refractivity contribution < 1.29 is 4.74 Å². The number of hydrogen-bond donors (Lipinski definition) is 0. The molecule has 2 heterocycles. The Balaban J connectivity index is 2.56. The van der Waals surface area contributed by atoms with Crippen molar-refractivity contribution in [2.24, 2.45) is 0 Å². The second kappa shape index (κ2) is 3.62. The lowest BCUT2D eigenvalue weighted by Gasteiger charge is -2.00. The third kappa shape index (κ3) is 1.68. The minimum absolute atomic E-state index is 0.505. The molecule has 2 aromatic rings. The maximum Gasteiger partial charge on any atom is 0.0884 e. The largest absolute Gasteiger partial charge is 0.378 e. The Morgan fingerprint density at radius 3 is 3.23 bits per heavy atom. The van der Waals surface area contributed by atoms with Gasteiger partial charge < -0.3 is 4.74 Å². The summed E-state index contributed by atoms with van der Waals surface area (Å²) in [4.78, 5) is 4.39. The summed E-state index contributed by atoms with van der Waals surface area (Å²) in [5.74, 6) is 0. The number of methoxy groups -OCH3 is 1. The molecular formula is C9H8ClNOS. The molecule has 0 atom stereocenters. The predicted molar refractivity (Wildman–Crippen MR) is 55.3 cm³/mol. The van der Waals surface area contributed by atoms with Gasteiger partial charge >= 0.3 is 0 Å². The number of halogens is 1. The van der Waals surface area contributed by atoms with Crippen LogP contribution in [0.15, 0.2) is 17.5 Å². The quantitative estimate of drug-likeness (QED) is 0.765. The van der Waals surface area contributed by atoms with Gasteiger partial charge in [0.15, 0.2) is 0 Å². The van der Waals surface area contributed by atoms with Crippen LogP contribution in [0.5, 0.6) is 0 Å². The molecule has 0 unspecified atom stereocenters. The van der Waals surface area contributed by atoms with Gasteiger partial charge in [-0.1, -0.05) is 11.6 Å². The van der Waals surface area contributed by atoms with E-state index in [1.807, 2.05) is 17.5 Å². The highest BCUT2D eigenvalue weighted by molar-refractivity contribution is 7.17. The maximum absolute atomic E-state index is 6.05. The zero-order valence-electron chi connectivity index (χ0n) is 7.08. The van der Waals surface area contributed by atoms with Crippen LogP contribution in [-0.4, -0.2) is 12.1 Å². The Hall–Kier alpha value is -0.640. The molecule has 68 valence electrons. The summed E-state index contributed by atoms with van der Waals surface area (Å²) in [5.41, 5.74) is 1.82. The second-order valence-electron chi connectivity index (χ2n) is 2.66. The molecule has 2 rings (SSSR count). The third-order valence-corrected chi connectivity index (χ3v) is 3.06. The Bertz CT molecular complexity index is 426. The molecule has 0 aliphatic carbocycles. The first-order valence-corrected chi connectivity index (χ1v) is 5.08. The number of nitrogens with zero attached hydrogens (tertiary/aromatic N) is 1. The fourth-order valence-electron chi connectivity index (χ4n) is 1.19. The highest BCUT2D eigenvalue weighted by Gasteiger charge is 2.04. The number of ether oxygens (including phenoxy) is 1. The van der Waals surface area contributed by atoms with Gasteiger partial charge in [-0.3, -0.25) is 0 Å². The number of rotatable bonds is 2. The van der Waals surface area contributed by atoms with E-state index in [-0.39, 0.29) is 0 Å². The lowest BCUT2D eigenvalue weighted by atomic mass is 10.3. The van der Waals surface area contributed by atoms with Crippen molar-refractivity contribution in [1.82, 2.24) is 4.98 Å². The molecule has 0 spiro atoms. The molecule has 0 saturated carbocycles. The first-order valence-electron chi connectivity index (χ1n) is 3.83. The maximum atomic E-state index is 6.05. The molecule has 0 fully saturated rings. The molecule has 4 heteroatoms. The van der Waals surface area contributed by atoms with Gasteiger partial charge in [0, 0.05) is 7.11 Å². The van der Waals surface area contributed by atoms with E-state index in [2.05, 4.69) is 4.98 Å². The van der Waals surface area contributed by atoms with Crippen molar-refractivity contribution in [1.29, 1.82) is 0 Å². The normalized spacial score (nSPS) is 10.9. The van der Waals surface area contributed by atoms with E-state index in [4.69, 9.17) is 16.3 Å². The summed E-state index contributed by atoms with van der Waals surface area (Å²) in [6.45, 7) is 0.505. The minimum Gasteiger partial charge on any atom is -0.378 e. The van der Waals surface area contributed by atoms with Crippen molar-refractivity contribution in [2.75, 3.05) is 7.11 Å². The van der Waals surface area contributed by atoms with Gasteiger partial charge in [0.1, 0.15) is 0 Å². The third-order valence-electron chi connectivity index (χ3n) is 1.71. The van der Waals surface area contributed by atoms with E-state index < -0.39 is 0 Å². The molecule has 0 aliphatic rings. The molecule has 2 aromatic heterocycles. The van der Waals surface area contributed by atoms with Crippen LogP contribution in [0.4, 0.5) is 0 Å². The Morgan fingerprint density at radius 2 is 2.46 bits per heavy atom. The van der Waals surface area contributed by atoms with Gasteiger partial charge in [0.05, 0.1) is 27.5 Å². The van der Waals surface area contributed by atoms with Crippen LogP contribution in [0.3, 0.4) is 0 Å². The predicted octanol–water partition coefficient (Wildman–Crippen LogP) is 3.10. The zero-order chi connectivity index (χ0) is 9.26. The van der Waals surface area contributed by atoms with Crippen LogP contribution < -0.4 is 0 Å². The van der Waals surface area contributed by atoms with E-state index in [9.17, 15) is 0 Å². The van der Waals surface area contributed by atoms with E-state index in [1.165, 1.54) is 0 Å². The van der Waals surface area contributed by atoms with Crippen molar-refractivity contribution >= 4 is 33.2 Å². The molecule has 0 radical (unpaired) electrons. The van der Waals surface area contributed by atoms with E-state index in [1.54, 1.807) is 18.4 Å². The van der Waals surface area contributed by atoms with Crippen LogP contribution in [0.25, 0.3) is 10.2 Å². The van der Waals surface area contributed by atoms with E-state index in [0.29, 0.717) is 6.61 Å². The fraction of sp³-hybridized carbons (Fsp3) is 0.222. The van der Waals surface area contributed by atoms with Gasteiger partial charge in [-0.15, -0.1) is 11.3 Å². The van der Waals surface area contributed by atoms with Gasteiger partial charge in [0.25, 0.3) is 0 Å². The van der Waals surface area contributed by atoms with Crippen molar-refractivity contribution in [3.63, 3.8) is 0 Å². The highest BCUT2D eigenvalue weighted by Crippen LogP contribution is 2.27. The Kier molecular flexibility index (Phi) is 2.49. The minimum atomic E-state index is 0.505. The summed E-state index contributed by atoms with van der Waals surface area (Å²) < 4.78 is 6.03. The van der Waals surface area contributed by atoms with Gasteiger partial charge in [0.2, 0.25) is 0 Å². The molecule has 0 aromatic carbocycles. The highest BCUT2D eigenvalue weighted by atomic mass is 35.5. The zero-order valence-corrected chi connectivity index (χ0v) is 8.65. The topological polar surface area (TPSA) is 22.1 Å². The average Bonchev–Trinajstić information content (AvgIpc) is 2.53. The lowest BCUT2D eigenvalue weighted by molar-refractivity contribution is 0.182. The standard InChI is InChI=1S/C9H8ClNOS/c1-12-5-6-4-7(10)9-8(11-6)2-3-13-9/h2-4H,5H2,1H3. The first kappa shape index (κ1) is 8.94. The molecule has 0 N–H and O–H groups in total. The van der Waals surface area contributed by atoms with E-state index in [0.717, 1.165) is 20.9 Å². The van der Waals surface area contributed by atoms with Gasteiger partial charge in [-0.25, -0.2) is 4.98 Å². The first-order chi connectivity index (χ1) is 6.31. The van der Waals surface area contributed by atoms with Crippen LogP contribution in [0, 0.1) is 0 Å². The van der Waals surface area contributed by atoms with Crippen molar-refractivity contribution in [3.8, 4) is 0 Å².